The SMILES string of the molecule is COc1ccc(NC(=O)c2csc(CCN)n2)cc1N1CCCCC1=O. The number of amides is 2. The third-order valence-electron chi connectivity index (χ3n) is 4.19. The second kappa shape index (κ2) is 8.29. The highest BCUT2D eigenvalue weighted by Gasteiger charge is 2.23. The van der Waals surface area contributed by atoms with Crippen LogP contribution in [0.1, 0.15) is 34.8 Å². The van der Waals surface area contributed by atoms with E-state index in [1.165, 1.54) is 11.3 Å². The normalized spacial score (nSPS) is 14.4. The zero-order valence-corrected chi connectivity index (χ0v) is 15.5. The number of benzene rings is 1. The zero-order valence-electron chi connectivity index (χ0n) is 14.7. The lowest BCUT2D eigenvalue weighted by atomic mass is 10.1. The van der Waals surface area contributed by atoms with Gasteiger partial charge in [-0.2, -0.15) is 0 Å². The Kier molecular flexibility index (Phi) is 5.85. The number of carbonyl (C=O) groups excluding carboxylic acids is 2. The Hall–Kier alpha value is -2.45. The Balaban J connectivity index is 1.80. The molecular weight excluding hydrogens is 352 g/mol. The minimum Gasteiger partial charge on any atom is -0.495 e. The van der Waals surface area contributed by atoms with Crippen molar-refractivity contribution in [2.24, 2.45) is 5.73 Å². The number of carbonyl (C=O) groups is 2. The summed E-state index contributed by atoms with van der Waals surface area (Å²) in [5.74, 6) is 0.395. The van der Waals surface area contributed by atoms with E-state index < -0.39 is 0 Å². The number of piperidine rings is 1. The molecule has 2 amide bonds. The Morgan fingerprint density at radius 1 is 1.42 bits per heavy atom. The fourth-order valence-electron chi connectivity index (χ4n) is 2.89. The van der Waals surface area contributed by atoms with E-state index in [1.807, 2.05) is 0 Å². The fraction of sp³-hybridized carbons (Fsp3) is 0.389. The van der Waals surface area contributed by atoms with E-state index in [1.54, 1.807) is 35.6 Å². The number of ether oxygens (including phenoxy) is 1. The number of aromatic nitrogens is 1. The van der Waals surface area contributed by atoms with Crippen molar-refractivity contribution in [3.63, 3.8) is 0 Å². The lowest BCUT2D eigenvalue weighted by molar-refractivity contribution is -0.119. The van der Waals surface area contributed by atoms with Crippen molar-refractivity contribution in [1.29, 1.82) is 0 Å². The Labute approximate surface area is 156 Å². The second-order valence-corrected chi connectivity index (χ2v) is 6.95. The summed E-state index contributed by atoms with van der Waals surface area (Å²) in [6.07, 6.45) is 3.04. The van der Waals surface area contributed by atoms with Gasteiger partial charge < -0.3 is 20.7 Å². The van der Waals surface area contributed by atoms with Gasteiger partial charge in [-0.1, -0.05) is 0 Å². The Morgan fingerprint density at radius 3 is 3.00 bits per heavy atom. The first kappa shape index (κ1) is 18.3. The molecule has 0 spiro atoms. The van der Waals surface area contributed by atoms with Gasteiger partial charge in [-0.3, -0.25) is 9.59 Å². The second-order valence-electron chi connectivity index (χ2n) is 6.01. The first-order chi connectivity index (χ1) is 12.6. The maximum Gasteiger partial charge on any atom is 0.275 e. The number of nitrogens with zero attached hydrogens (tertiary/aromatic N) is 2. The molecule has 8 heteroatoms. The van der Waals surface area contributed by atoms with Crippen LogP contribution in [-0.4, -0.2) is 37.0 Å². The number of hydrogen-bond acceptors (Lipinski definition) is 6. The molecule has 1 aliphatic heterocycles. The predicted molar refractivity (Wildman–Crippen MR) is 102 cm³/mol. The molecule has 0 saturated carbocycles. The van der Waals surface area contributed by atoms with Crippen molar-refractivity contribution in [1.82, 2.24) is 4.98 Å². The van der Waals surface area contributed by atoms with Crippen LogP contribution in [0, 0.1) is 0 Å². The van der Waals surface area contributed by atoms with Crippen molar-refractivity contribution in [2.45, 2.75) is 25.7 Å². The van der Waals surface area contributed by atoms with Crippen molar-refractivity contribution in [3.05, 3.63) is 34.3 Å². The molecule has 0 atom stereocenters. The lowest BCUT2D eigenvalue weighted by Gasteiger charge is -2.28. The molecule has 3 rings (SSSR count). The molecule has 2 aromatic rings. The number of thiazole rings is 1. The van der Waals surface area contributed by atoms with Crippen molar-refractivity contribution in [3.8, 4) is 5.75 Å². The van der Waals surface area contributed by atoms with E-state index in [-0.39, 0.29) is 11.8 Å². The molecule has 1 aromatic carbocycles. The summed E-state index contributed by atoms with van der Waals surface area (Å²) in [6.45, 7) is 1.15. The molecule has 1 aromatic heterocycles. The first-order valence-electron chi connectivity index (χ1n) is 8.56. The summed E-state index contributed by atoms with van der Waals surface area (Å²) in [5.41, 5.74) is 7.16. The summed E-state index contributed by atoms with van der Waals surface area (Å²) < 4.78 is 5.39. The Morgan fingerprint density at radius 2 is 2.27 bits per heavy atom. The van der Waals surface area contributed by atoms with Gasteiger partial charge in [0.2, 0.25) is 5.91 Å². The molecule has 7 nitrogen and oxygen atoms in total. The molecule has 1 saturated heterocycles. The smallest absolute Gasteiger partial charge is 0.275 e. The van der Waals surface area contributed by atoms with E-state index in [0.29, 0.717) is 48.7 Å². The summed E-state index contributed by atoms with van der Waals surface area (Å²) in [4.78, 5) is 30.7. The molecule has 138 valence electrons. The molecular formula is C18H22N4O3S. The number of anilines is 2. The van der Waals surface area contributed by atoms with Crippen LogP contribution in [0.5, 0.6) is 5.75 Å². The van der Waals surface area contributed by atoms with Crippen molar-refractivity contribution in [2.75, 3.05) is 30.4 Å². The van der Waals surface area contributed by atoms with Gasteiger partial charge in [0, 0.05) is 30.5 Å². The topological polar surface area (TPSA) is 97.5 Å². The van der Waals surface area contributed by atoms with Gasteiger partial charge in [0.15, 0.2) is 0 Å². The standard InChI is InChI=1S/C18H22N4O3S/c1-25-15-6-5-12(10-14(15)22-9-3-2-4-17(22)23)20-18(24)13-11-26-16(21-13)7-8-19/h5-6,10-11H,2-4,7-9,19H2,1H3,(H,20,24). The van der Waals surface area contributed by atoms with Crippen LogP contribution >= 0.6 is 11.3 Å². The molecule has 26 heavy (non-hydrogen) atoms. The average molecular weight is 374 g/mol. The van der Waals surface area contributed by atoms with Crippen molar-refractivity contribution < 1.29 is 14.3 Å². The van der Waals surface area contributed by atoms with Gasteiger partial charge in [0.25, 0.3) is 5.91 Å². The van der Waals surface area contributed by atoms with Crippen LogP contribution in [0.15, 0.2) is 23.6 Å². The zero-order chi connectivity index (χ0) is 18.5. The summed E-state index contributed by atoms with van der Waals surface area (Å²) >= 11 is 1.42. The third kappa shape index (κ3) is 4.03. The molecule has 1 aliphatic rings. The molecule has 0 bridgehead atoms. The minimum absolute atomic E-state index is 0.0731. The average Bonchev–Trinajstić information content (AvgIpc) is 3.11. The van der Waals surface area contributed by atoms with Gasteiger partial charge in [0.05, 0.1) is 17.8 Å². The quantitative estimate of drug-likeness (QED) is 0.809. The molecule has 3 N–H and O–H groups in total. The summed E-state index contributed by atoms with van der Waals surface area (Å²) in [7, 11) is 1.57. The number of methoxy groups -OCH3 is 1. The number of hydrogen-bond donors (Lipinski definition) is 2. The van der Waals surface area contributed by atoms with E-state index in [2.05, 4.69) is 10.3 Å². The van der Waals surface area contributed by atoms with E-state index in [9.17, 15) is 9.59 Å². The van der Waals surface area contributed by atoms with Crippen LogP contribution in [-0.2, 0) is 11.2 Å². The van der Waals surface area contributed by atoms with Crippen LogP contribution in [0.4, 0.5) is 11.4 Å². The van der Waals surface area contributed by atoms with Gasteiger partial charge in [0.1, 0.15) is 11.4 Å². The lowest BCUT2D eigenvalue weighted by Crippen LogP contribution is -2.35. The van der Waals surface area contributed by atoms with Gasteiger partial charge >= 0.3 is 0 Å². The van der Waals surface area contributed by atoms with Crippen LogP contribution in [0.3, 0.4) is 0 Å². The van der Waals surface area contributed by atoms with Gasteiger partial charge in [-0.15, -0.1) is 11.3 Å². The monoisotopic (exact) mass is 374 g/mol. The van der Waals surface area contributed by atoms with E-state index in [0.717, 1.165) is 17.8 Å². The van der Waals surface area contributed by atoms with E-state index in [4.69, 9.17) is 10.5 Å². The highest BCUT2D eigenvalue weighted by atomic mass is 32.1. The number of nitrogens with one attached hydrogen (secondary N) is 1. The van der Waals surface area contributed by atoms with Crippen LogP contribution < -0.4 is 20.7 Å². The minimum atomic E-state index is -0.286. The maximum absolute atomic E-state index is 12.4. The number of rotatable bonds is 6. The molecule has 0 aliphatic carbocycles. The van der Waals surface area contributed by atoms with Crippen molar-refractivity contribution >= 4 is 34.5 Å². The van der Waals surface area contributed by atoms with Gasteiger partial charge in [-0.05, 0) is 37.6 Å². The third-order valence-corrected chi connectivity index (χ3v) is 5.10. The number of nitrogens with two attached hydrogens (primary N) is 1. The molecule has 0 radical (unpaired) electrons. The highest BCUT2D eigenvalue weighted by Crippen LogP contribution is 2.33. The first-order valence-corrected chi connectivity index (χ1v) is 9.44. The summed E-state index contributed by atoms with van der Waals surface area (Å²) in [6, 6.07) is 5.28. The van der Waals surface area contributed by atoms with Gasteiger partial charge in [-0.25, -0.2) is 4.98 Å². The molecule has 1 fully saturated rings. The predicted octanol–water partition coefficient (Wildman–Crippen LogP) is 2.42. The maximum atomic E-state index is 12.4. The van der Waals surface area contributed by atoms with Crippen LogP contribution in [0.25, 0.3) is 0 Å². The Bertz CT molecular complexity index is 805. The molecule has 0 unspecified atom stereocenters. The van der Waals surface area contributed by atoms with Crippen LogP contribution in [0.2, 0.25) is 0 Å². The highest BCUT2D eigenvalue weighted by molar-refractivity contribution is 7.09. The van der Waals surface area contributed by atoms with E-state index >= 15 is 0 Å². The molecule has 2 heterocycles. The largest absolute Gasteiger partial charge is 0.495 e. The summed E-state index contributed by atoms with van der Waals surface area (Å²) in [5, 5.41) is 5.40. The fourth-order valence-corrected chi connectivity index (χ4v) is 3.68.